The Kier molecular flexibility index (Phi) is 7.68. The van der Waals surface area contributed by atoms with Crippen LogP contribution in [0.5, 0.6) is 11.5 Å². The van der Waals surface area contributed by atoms with E-state index in [9.17, 15) is 4.79 Å². The molecule has 1 heterocycles. The summed E-state index contributed by atoms with van der Waals surface area (Å²) in [7, 11) is 3.18. The lowest BCUT2D eigenvalue weighted by atomic mass is 10.1. The first-order valence-electron chi connectivity index (χ1n) is 7.87. The number of nitrogens with zero attached hydrogens (tertiary/aromatic N) is 1. The molecule has 26 heavy (non-hydrogen) atoms. The SMILES string of the molecule is COCCOc1ccc(C(C)NC(=O)c2cc(Br)cnc2Cl)cc1OC. The Hall–Kier alpha value is -1.83. The molecule has 2 rings (SSSR count). The van der Waals surface area contributed by atoms with Gasteiger partial charge in [-0.15, -0.1) is 0 Å². The summed E-state index contributed by atoms with van der Waals surface area (Å²) in [4.78, 5) is 16.4. The highest BCUT2D eigenvalue weighted by atomic mass is 79.9. The van der Waals surface area contributed by atoms with Crippen molar-refractivity contribution in [1.82, 2.24) is 10.3 Å². The van der Waals surface area contributed by atoms with E-state index in [4.69, 9.17) is 25.8 Å². The molecule has 6 nitrogen and oxygen atoms in total. The standard InChI is InChI=1S/C18H20BrClN2O4/c1-11(22-18(23)14-9-13(19)10-21-17(14)20)12-4-5-15(16(8-12)25-3)26-7-6-24-2/h4-5,8-11H,6-7H2,1-3H3,(H,22,23). The number of nitrogens with one attached hydrogen (secondary N) is 1. The van der Waals surface area contributed by atoms with Crippen LogP contribution in [0.1, 0.15) is 28.9 Å². The highest BCUT2D eigenvalue weighted by Crippen LogP contribution is 2.30. The fraction of sp³-hybridized carbons (Fsp3) is 0.333. The molecular weight excluding hydrogens is 424 g/mol. The minimum absolute atomic E-state index is 0.150. The van der Waals surface area contributed by atoms with Crippen LogP contribution in [0, 0.1) is 0 Å². The van der Waals surface area contributed by atoms with Gasteiger partial charge in [-0.2, -0.15) is 0 Å². The number of rotatable bonds is 8. The van der Waals surface area contributed by atoms with E-state index in [1.165, 1.54) is 6.20 Å². The molecule has 0 bridgehead atoms. The first-order chi connectivity index (χ1) is 12.5. The zero-order valence-corrected chi connectivity index (χ0v) is 17.1. The number of carbonyl (C=O) groups is 1. The van der Waals surface area contributed by atoms with Gasteiger partial charge in [0.1, 0.15) is 11.8 Å². The van der Waals surface area contributed by atoms with Crippen LogP contribution < -0.4 is 14.8 Å². The summed E-state index contributed by atoms with van der Waals surface area (Å²) in [5.74, 6) is 0.892. The first-order valence-corrected chi connectivity index (χ1v) is 9.05. The highest BCUT2D eigenvalue weighted by molar-refractivity contribution is 9.10. The molecule has 1 aromatic carbocycles. The Bertz CT molecular complexity index is 773. The summed E-state index contributed by atoms with van der Waals surface area (Å²) in [5, 5.41) is 3.05. The van der Waals surface area contributed by atoms with Gasteiger partial charge in [0.15, 0.2) is 11.5 Å². The number of pyridine rings is 1. The lowest BCUT2D eigenvalue weighted by Crippen LogP contribution is -2.27. The second-order valence-electron chi connectivity index (χ2n) is 5.44. The molecule has 0 spiro atoms. The van der Waals surface area contributed by atoms with Gasteiger partial charge in [-0.25, -0.2) is 4.98 Å². The van der Waals surface area contributed by atoms with Crippen molar-refractivity contribution in [2.75, 3.05) is 27.4 Å². The van der Waals surface area contributed by atoms with Gasteiger partial charge in [0.05, 0.1) is 25.3 Å². The van der Waals surface area contributed by atoms with E-state index in [0.29, 0.717) is 34.7 Å². The van der Waals surface area contributed by atoms with Gasteiger partial charge in [0, 0.05) is 17.8 Å². The number of carbonyl (C=O) groups excluding carboxylic acids is 1. The third kappa shape index (κ3) is 5.33. The van der Waals surface area contributed by atoms with E-state index in [1.807, 2.05) is 19.1 Å². The largest absolute Gasteiger partial charge is 0.493 e. The zero-order chi connectivity index (χ0) is 19.1. The maximum atomic E-state index is 12.5. The van der Waals surface area contributed by atoms with Gasteiger partial charge in [0.25, 0.3) is 5.91 Å². The molecule has 1 atom stereocenters. The molecule has 1 aromatic heterocycles. The monoisotopic (exact) mass is 442 g/mol. The molecule has 2 aromatic rings. The Morgan fingerprint density at radius 2 is 2.04 bits per heavy atom. The quantitative estimate of drug-likeness (QED) is 0.493. The summed E-state index contributed by atoms with van der Waals surface area (Å²) in [6.07, 6.45) is 1.54. The minimum Gasteiger partial charge on any atom is -0.493 e. The van der Waals surface area contributed by atoms with E-state index in [2.05, 4.69) is 26.2 Å². The van der Waals surface area contributed by atoms with Crippen molar-refractivity contribution in [1.29, 1.82) is 0 Å². The Morgan fingerprint density at radius 1 is 1.27 bits per heavy atom. The summed E-state index contributed by atoms with van der Waals surface area (Å²) < 4.78 is 16.6. The van der Waals surface area contributed by atoms with Crippen molar-refractivity contribution < 1.29 is 19.0 Å². The molecule has 0 aliphatic rings. The van der Waals surface area contributed by atoms with Gasteiger partial charge in [0.2, 0.25) is 0 Å². The maximum Gasteiger partial charge on any atom is 0.254 e. The molecule has 1 amide bonds. The Balaban J connectivity index is 2.12. The van der Waals surface area contributed by atoms with Gasteiger partial charge in [-0.3, -0.25) is 4.79 Å². The van der Waals surface area contributed by atoms with Crippen LogP contribution in [0.4, 0.5) is 0 Å². The number of amides is 1. The fourth-order valence-electron chi connectivity index (χ4n) is 2.25. The van der Waals surface area contributed by atoms with E-state index in [0.717, 1.165) is 5.56 Å². The predicted molar refractivity (Wildman–Crippen MR) is 103 cm³/mol. The lowest BCUT2D eigenvalue weighted by molar-refractivity contribution is 0.0939. The molecule has 1 unspecified atom stereocenters. The molecule has 0 aliphatic heterocycles. The van der Waals surface area contributed by atoms with Gasteiger partial charge in [-0.05, 0) is 46.6 Å². The van der Waals surface area contributed by atoms with Crippen LogP contribution in [-0.2, 0) is 4.74 Å². The van der Waals surface area contributed by atoms with Gasteiger partial charge < -0.3 is 19.5 Å². The number of benzene rings is 1. The summed E-state index contributed by atoms with van der Waals surface area (Å²) in [6.45, 7) is 2.78. The van der Waals surface area contributed by atoms with E-state index in [1.54, 1.807) is 26.4 Å². The first kappa shape index (κ1) is 20.5. The van der Waals surface area contributed by atoms with Crippen LogP contribution >= 0.6 is 27.5 Å². The molecule has 1 N–H and O–H groups in total. The number of hydrogen-bond acceptors (Lipinski definition) is 5. The predicted octanol–water partition coefficient (Wildman–Crippen LogP) is 4.02. The normalized spacial score (nSPS) is 11.7. The van der Waals surface area contributed by atoms with Gasteiger partial charge in [-0.1, -0.05) is 17.7 Å². The van der Waals surface area contributed by atoms with E-state index in [-0.39, 0.29) is 17.1 Å². The average Bonchev–Trinajstić information content (AvgIpc) is 2.63. The fourth-order valence-corrected chi connectivity index (χ4v) is 2.77. The Labute approximate surface area is 165 Å². The number of ether oxygens (including phenoxy) is 3. The second-order valence-corrected chi connectivity index (χ2v) is 6.71. The third-order valence-electron chi connectivity index (χ3n) is 3.63. The topological polar surface area (TPSA) is 69.7 Å². The summed E-state index contributed by atoms with van der Waals surface area (Å²) >= 11 is 9.30. The second kappa shape index (κ2) is 9.75. The zero-order valence-electron chi connectivity index (χ0n) is 14.7. The molecule has 0 radical (unpaired) electrons. The van der Waals surface area contributed by atoms with Crippen molar-refractivity contribution in [3.05, 3.63) is 51.2 Å². The van der Waals surface area contributed by atoms with Crippen LogP contribution in [0.15, 0.2) is 34.9 Å². The van der Waals surface area contributed by atoms with Gasteiger partial charge >= 0.3 is 0 Å². The van der Waals surface area contributed by atoms with Crippen LogP contribution in [0.25, 0.3) is 0 Å². The van der Waals surface area contributed by atoms with Crippen LogP contribution in [0.2, 0.25) is 5.15 Å². The number of hydrogen-bond donors (Lipinski definition) is 1. The van der Waals surface area contributed by atoms with E-state index >= 15 is 0 Å². The highest BCUT2D eigenvalue weighted by Gasteiger charge is 2.17. The van der Waals surface area contributed by atoms with Crippen molar-refractivity contribution in [3.8, 4) is 11.5 Å². The van der Waals surface area contributed by atoms with Crippen molar-refractivity contribution in [2.45, 2.75) is 13.0 Å². The molecule has 8 heteroatoms. The Morgan fingerprint density at radius 3 is 2.73 bits per heavy atom. The maximum absolute atomic E-state index is 12.5. The lowest BCUT2D eigenvalue weighted by Gasteiger charge is -2.17. The van der Waals surface area contributed by atoms with E-state index < -0.39 is 0 Å². The number of aromatic nitrogens is 1. The molecule has 140 valence electrons. The minimum atomic E-state index is -0.310. The summed E-state index contributed by atoms with van der Waals surface area (Å²) in [5.41, 5.74) is 1.17. The van der Waals surface area contributed by atoms with Crippen LogP contribution in [0.3, 0.4) is 0 Å². The molecule has 0 fully saturated rings. The summed E-state index contributed by atoms with van der Waals surface area (Å²) in [6, 6.07) is 6.87. The number of halogens is 2. The number of methoxy groups -OCH3 is 2. The smallest absolute Gasteiger partial charge is 0.254 e. The average molecular weight is 444 g/mol. The molecule has 0 aliphatic carbocycles. The van der Waals surface area contributed by atoms with Crippen molar-refractivity contribution in [3.63, 3.8) is 0 Å². The molecular formula is C18H20BrClN2O4. The molecule has 0 saturated heterocycles. The van der Waals surface area contributed by atoms with Crippen molar-refractivity contribution in [2.24, 2.45) is 0 Å². The molecule has 0 saturated carbocycles. The van der Waals surface area contributed by atoms with Crippen molar-refractivity contribution >= 4 is 33.4 Å². The van der Waals surface area contributed by atoms with Crippen LogP contribution in [-0.4, -0.2) is 38.3 Å². The third-order valence-corrected chi connectivity index (χ3v) is 4.37.